The van der Waals surface area contributed by atoms with Crippen molar-refractivity contribution < 1.29 is 27.5 Å². The molecule has 0 aromatic heterocycles. The second kappa shape index (κ2) is 11.9. The van der Waals surface area contributed by atoms with E-state index in [0.29, 0.717) is 18.8 Å². The Kier molecular flexibility index (Phi) is 8.81. The predicted octanol–water partition coefficient (Wildman–Crippen LogP) is 4.24. The van der Waals surface area contributed by atoms with Gasteiger partial charge in [-0.1, -0.05) is 30.7 Å². The van der Waals surface area contributed by atoms with Gasteiger partial charge in [-0.2, -0.15) is 4.31 Å². The van der Waals surface area contributed by atoms with E-state index in [-0.39, 0.29) is 39.4 Å². The van der Waals surface area contributed by atoms with Gasteiger partial charge >= 0.3 is 0 Å². The van der Waals surface area contributed by atoms with E-state index in [1.54, 1.807) is 37.5 Å². The van der Waals surface area contributed by atoms with Crippen molar-refractivity contribution in [1.29, 1.82) is 0 Å². The molecule has 12 heteroatoms. The molecule has 202 valence electrons. The van der Waals surface area contributed by atoms with Gasteiger partial charge in [0.1, 0.15) is 10.6 Å². The van der Waals surface area contributed by atoms with Crippen molar-refractivity contribution in [2.24, 2.45) is 5.92 Å². The van der Waals surface area contributed by atoms with Gasteiger partial charge in [-0.05, 0) is 72.5 Å². The Bertz CT molecular complexity index is 1380. The van der Waals surface area contributed by atoms with E-state index < -0.39 is 27.1 Å². The zero-order valence-electron chi connectivity index (χ0n) is 21.0. The highest BCUT2D eigenvalue weighted by Gasteiger charge is 2.35. The summed E-state index contributed by atoms with van der Waals surface area (Å²) in [6.07, 6.45) is 3.35. The van der Waals surface area contributed by atoms with Crippen LogP contribution in [-0.4, -0.2) is 68.0 Å². The molecule has 0 saturated carbocycles. The molecule has 2 aromatic rings. The second-order valence-electron chi connectivity index (χ2n) is 9.12. The summed E-state index contributed by atoms with van der Waals surface area (Å²) in [6, 6.07) is 11.2. The SMILES string of the molecule is COc1ccc(C=C2SC(=O)N(CCNC(=O)c3ccc(Cl)c(S(=O)(=O)N4CCCC(C)C4)c3)C2=O)cc1. The Labute approximate surface area is 231 Å². The molecular weight excluding hydrogens is 550 g/mol. The average molecular weight is 578 g/mol. The van der Waals surface area contributed by atoms with Gasteiger partial charge in [0.15, 0.2) is 0 Å². The van der Waals surface area contributed by atoms with Gasteiger partial charge in [0.25, 0.3) is 17.1 Å². The van der Waals surface area contributed by atoms with Crippen LogP contribution in [0.15, 0.2) is 52.3 Å². The zero-order valence-corrected chi connectivity index (χ0v) is 23.4. The molecule has 2 aliphatic heterocycles. The first kappa shape index (κ1) is 28.2. The second-order valence-corrected chi connectivity index (χ2v) is 12.4. The van der Waals surface area contributed by atoms with Crippen LogP contribution in [0.5, 0.6) is 5.75 Å². The van der Waals surface area contributed by atoms with Crippen molar-refractivity contribution in [3.8, 4) is 5.75 Å². The lowest BCUT2D eigenvalue weighted by Gasteiger charge is -2.30. The Hall–Kier alpha value is -2.86. The van der Waals surface area contributed by atoms with Crippen LogP contribution in [0.4, 0.5) is 4.79 Å². The fraction of sp³-hybridized carbons (Fsp3) is 0.346. The number of hydrogen-bond donors (Lipinski definition) is 1. The monoisotopic (exact) mass is 577 g/mol. The Morgan fingerprint density at radius 1 is 1.21 bits per heavy atom. The molecular formula is C26H28ClN3O6S2. The Balaban J connectivity index is 1.39. The summed E-state index contributed by atoms with van der Waals surface area (Å²) in [5.41, 5.74) is 0.865. The van der Waals surface area contributed by atoms with Crippen molar-refractivity contribution in [1.82, 2.24) is 14.5 Å². The molecule has 0 bridgehead atoms. The molecule has 2 fully saturated rings. The number of nitrogens with zero attached hydrogens (tertiary/aromatic N) is 2. The van der Waals surface area contributed by atoms with Crippen LogP contribution in [-0.2, 0) is 14.8 Å². The van der Waals surface area contributed by atoms with Crippen LogP contribution < -0.4 is 10.1 Å². The third-order valence-electron chi connectivity index (χ3n) is 6.34. The molecule has 2 saturated heterocycles. The van der Waals surface area contributed by atoms with Gasteiger partial charge in [0.2, 0.25) is 10.0 Å². The standard InChI is InChI=1S/C26H28ClN3O6S2/c1-17-4-3-12-29(16-17)38(34,35)23-15-19(7-10-21(23)27)24(31)28-11-13-30-25(32)22(37-26(30)33)14-18-5-8-20(36-2)9-6-18/h5-10,14-15,17H,3-4,11-13,16H2,1-2H3,(H,28,31). The van der Waals surface area contributed by atoms with Crippen LogP contribution in [0, 0.1) is 5.92 Å². The fourth-order valence-corrected chi connectivity index (χ4v) is 7.24. The number of halogens is 1. The molecule has 2 heterocycles. The predicted molar refractivity (Wildman–Crippen MR) is 147 cm³/mol. The maximum absolute atomic E-state index is 13.2. The smallest absolute Gasteiger partial charge is 0.293 e. The third-order valence-corrected chi connectivity index (χ3v) is 9.59. The summed E-state index contributed by atoms with van der Waals surface area (Å²) in [5, 5.41) is 2.26. The van der Waals surface area contributed by atoms with Crippen LogP contribution in [0.25, 0.3) is 6.08 Å². The van der Waals surface area contributed by atoms with Crippen LogP contribution in [0.1, 0.15) is 35.7 Å². The highest BCUT2D eigenvalue weighted by Crippen LogP contribution is 2.32. The highest BCUT2D eigenvalue weighted by atomic mass is 35.5. The lowest BCUT2D eigenvalue weighted by Crippen LogP contribution is -2.39. The van der Waals surface area contributed by atoms with Gasteiger partial charge in [-0.3, -0.25) is 19.3 Å². The van der Waals surface area contributed by atoms with Crippen molar-refractivity contribution in [3.63, 3.8) is 0 Å². The van der Waals surface area contributed by atoms with E-state index in [4.69, 9.17) is 16.3 Å². The summed E-state index contributed by atoms with van der Waals surface area (Å²) < 4.78 is 32.9. The van der Waals surface area contributed by atoms with E-state index in [1.165, 1.54) is 22.5 Å². The first-order chi connectivity index (χ1) is 18.1. The molecule has 0 aliphatic carbocycles. The largest absolute Gasteiger partial charge is 0.497 e. The number of methoxy groups -OCH3 is 1. The maximum Gasteiger partial charge on any atom is 0.293 e. The zero-order chi connectivity index (χ0) is 27.4. The van der Waals surface area contributed by atoms with Crippen LogP contribution in [0.2, 0.25) is 5.02 Å². The van der Waals surface area contributed by atoms with Gasteiger partial charge in [-0.25, -0.2) is 8.42 Å². The first-order valence-corrected chi connectivity index (χ1v) is 14.7. The van der Waals surface area contributed by atoms with E-state index in [0.717, 1.165) is 35.1 Å². The Morgan fingerprint density at radius 3 is 2.63 bits per heavy atom. The van der Waals surface area contributed by atoms with Crippen LogP contribution in [0.3, 0.4) is 0 Å². The lowest BCUT2D eigenvalue weighted by molar-refractivity contribution is -0.122. The van der Waals surface area contributed by atoms with E-state index in [9.17, 15) is 22.8 Å². The number of thioether (sulfide) groups is 1. The van der Waals surface area contributed by atoms with Crippen molar-refractivity contribution >= 4 is 56.5 Å². The topological polar surface area (TPSA) is 113 Å². The molecule has 0 spiro atoms. The maximum atomic E-state index is 13.2. The number of sulfonamides is 1. The molecule has 2 aliphatic rings. The number of carbonyl (C=O) groups excluding carboxylic acids is 3. The number of piperidine rings is 1. The number of amides is 3. The molecule has 3 amide bonds. The van der Waals surface area contributed by atoms with Crippen LogP contribution >= 0.6 is 23.4 Å². The number of nitrogens with one attached hydrogen (secondary N) is 1. The van der Waals surface area contributed by atoms with E-state index in [1.807, 2.05) is 6.92 Å². The summed E-state index contributed by atoms with van der Waals surface area (Å²) in [4.78, 5) is 39.2. The van der Waals surface area contributed by atoms with Gasteiger partial charge < -0.3 is 10.1 Å². The quantitative estimate of drug-likeness (QED) is 0.467. The minimum absolute atomic E-state index is 0.00103. The minimum Gasteiger partial charge on any atom is -0.497 e. The van der Waals surface area contributed by atoms with E-state index >= 15 is 0 Å². The van der Waals surface area contributed by atoms with Crippen molar-refractivity contribution in [3.05, 3.63) is 63.5 Å². The lowest BCUT2D eigenvalue weighted by atomic mass is 10.0. The molecule has 9 nitrogen and oxygen atoms in total. The number of carbonyl (C=O) groups is 3. The summed E-state index contributed by atoms with van der Waals surface area (Å²) in [5.74, 6) is -0.0615. The van der Waals surface area contributed by atoms with Gasteiger partial charge in [-0.15, -0.1) is 0 Å². The number of ether oxygens (including phenoxy) is 1. The third kappa shape index (κ3) is 6.23. The highest BCUT2D eigenvalue weighted by molar-refractivity contribution is 8.18. The molecule has 38 heavy (non-hydrogen) atoms. The normalized spacial score (nSPS) is 19.7. The summed E-state index contributed by atoms with van der Waals surface area (Å²) >= 11 is 7.05. The molecule has 1 atom stereocenters. The average Bonchev–Trinajstić information content (AvgIpc) is 3.16. The molecule has 0 radical (unpaired) electrons. The Morgan fingerprint density at radius 2 is 1.95 bits per heavy atom. The fourth-order valence-electron chi connectivity index (χ4n) is 4.27. The minimum atomic E-state index is -3.86. The molecule has 2 aromatic carbocycles. The number of benzene rings is 2. The van der Waals surface area contributed by atoms with Gasteiger partial charge in [0, 0.05) is 31.7 Å². The first-order valence-electron chi connectivity index (χ1n) is 12.1. The summed E-state index contributed by atoms with van der Waals surface area (Å²) in [6.45, 7) is 2.78. The molecule has 1 unspecified atom stereocenters. The van der Waals surface area contributed by atoms with E-state index in [2.05, 4.69) is 5.32 Å². The van der Waals surface area contributed by atoms with Gasteiger partial charge in [0.05, 0.1) is 17.0 Å². The van der Waals surface area contributed by atoms with Crippen molar-refractivity contribution in [2.75, 3.05) is 33.3 Å². The molecule has 1 N–H and O–H groups in total. The number of hydrogen-bond acceptors (Lipinski definition) is 7. The summed E-state index contributed by atoms with van der Waals surface area (Å²) in [7, 11) is -2.30. The number of imide groups is 1. The van der Waals surface area contributed by atoms with Crippen molar-refractivity contribution in [2.45, 2.75) is 24.7 Å². The number of rotatable bonds is 8. The molecule has 4 rings (SSSR count).